The van der Waals surface area contributed by atoms with Crippen molar-refractivity contribution in [1.82, 2.24) is 0 Å². The third-order valence-electron chi connectivity index (χ3n) is 2.89. The number of anilines is 1. The van der Waals surface area contributed by atoms with Crippen molar-refractivity contribution in [1.29, 1.82) is 0 Å². The Labute approximate surface area is 96.7 Å². The SMILES string of the molecule is CCc1ccc(N(C)[C@H](CC)C(=O)O)cc1. The number of hydrogen-bond donors (Lipinski definition) is 1. The number of carboxylic acid groups (broad SMARTS) is 1. The molecule has 0 saturated heterocycles. The Morgan fingerprint density at radius 1 is 1.31 bits per heavy atom. The van der Waals surface area contributed by atoms with Crippen molar-refractivity contribution in [3.05, 3.63) is 29.8 Å². The van der Waals surface area contributed by atoms with Gasteiger partial charge in [0.25, 0.3) is 0 Å². The standard InChI is InChI=1S/C13H19NO2/c1-4-10-6-8-11(9-7-10)14(3)12(5-2)13(15)16/h6-9,12H,4-5H2,1-3H3,(H,15,16)/t12-/m1/s1. The summed E-state index contributed by atoms with van der Waals surface area (Å²) in [5, 5.41) is 9.06. The summed E-state index contributed by atoms with van der Waals surface area (Å²) in [6.45, 7) is 3.99. The van der Waals surface area contributed by atoms with Crippen LogP contribution in [-0.4, -0.2) is 24.2 Å². The number of aryl methyl sites for hydroxylation is 1. The molecule has 0 amide bonds. The highest BCUT2D eigenvalue weighted by Gasteiger charge is 2.20. The van der Waals surface area contributed by atoms with Crippen LogP contribution in [0, 0.1) is 0 Å². The lowest BCUT2D eigenvalue weighted by molar-refractivity contribution is -0.138. The quantitative estimate of drug-likeness (QED) is 0.830. The molecule has 0 bridgehead atoms. The van der Waals surface area contributed by atoms with Crippen LogP contribution in [0.2, 0.25) is 0 Å². The van der Waals surface area contributed by atoms with Crippen LogP contribution in [0.3, 0.4) is 0 Å². The largest absolute Gasteiger partial charge is 0.480 e. The summed E-state index contributed by atoms with van der Waals surface area (Å²) >= 11 is 0. The number of rotatable bonds is 5. The number of aliphatic carboxylic acids is 1. The number of nitrogens with zero attached hydrogens (tertiary/aromatic N) is 1. The minimum atomic E-state index is -0.774. The minimum Gasteiger partial charge on any atom is -0.480 e. The van der Waals surface area contributed by atoms with Gasteiger partial charge in [-0.25, -0.2) is 4.79 Å². The zero-order valence-electron chi connectivity index (χ0n) is 10.1. The lowest BCUT2D eigenvalue weighted by Crippen LogP contribution is -2.37. The van der Waals surface area contributed by atoms with E-state index in [1.807, 2.05) is 43.1 Å². The van der Waals surface area contributed by atoms with Crippen LogP contribution in [0.25, 0.3) is 0 Å². The fourth-order valence-electron chi connectivity index (χ4n) is 1.76. The molecule has 0 radical (unpaired) electrons. The lowest BCUT2D eigenvalue weighted by atomic mass is 10.1. The highest BCUT2D eigenvalue weighted by atomic mass is 16.4. The normalized spacial score (nSPS) is 12.2. The van der Waals surface area contributed by atoms with Crippen molar-refractivity contribution in [2.24, 2.45) is 0 Å². The van der Waals surface area contributed by atoms with Gasteiger partial charge in [-0.1, -0.05) is 26.0 Å². The van der Waals surface area contributed by atoms with Crippen LogP contribution in [0.4, 0.5) is 5.69 Å². The third-order valence-corrected chi connectivity index (χ3v) is 2.89. The van der Waals surface area contributed by atoms with Crippen molar-refractivity contribution in [3.63, 3.8) is 0 Å². The van der Waals surface area contributed by atoms with E-state index < -0.39 is 12.0 Å². The van der Waals surface area contributed by atoms with E-state index in [-0.39, 0.29) is 0 Å². The fraction of sp³-hybridized carbons (Fsp3) is 0.462. The Morgan fingerprint density at radius 2 is 1.88 bits per heavy atom. The molecule has 1 rings (SSSR count). The summed E-state index contributed by atoms with van der Waals surface area (Å²) in [5.41, 5.74) is 2.21. The van der Waals surface area contributed by atoms with E-state index in [0.29, 0.717) is 6.42 Å². The van der Waals surface area contributed by atoms with E-state index in [2.05, 4.69) is 6.92 Å². The Balaban J connectivity index is 2.86. The molecule has 0 aromatic heterocycles. The first-order chi connectivity index (χ1) is 7.60. The van der Waals surface area contributed by atoms with Crippen molar-refractivity contribution in [3.8, 4) is 0 Å². The van der Waals surface area contributed by atoms with Crippen LogP contribution in [0.1, 0.15) is 25.8 Å². The molecule has 0 aliphatic carbocycles. The molecule has 1 atom stereocenters. The van der Waals surface area contributed by atoms with Gasteiger partial charge in [-0.3, -0.25) is 0 Å². The minimum absolute atomic E-state index is 0.451. The molecule has 3 heteroatoms. The second kappa shape index (κ2) is 5.54. The first-order valence-corrected chi connectivity index (χ1v) is 5.64. The highest BCUT2D eigenvalue weighted by molar-refractivity contribution is 5.77. The summed E-state index contributed by atoms with van der Waals surface area (Å²) in [4.78, 5) is 12.8. The van der Waals surface area contributed by atoms with E-state index in [4.69, 9.17) is 5.11 Å². The van der Waals surface area contributed by atoms with E-state index in [0.717, 1.165) is 12.1 Å². The topological polar surface area (TPSA) is 40.5 Å². The van der Waals surface area contributed by atoms with Crippen LogP contribution in [0.15, 0.2) is 24.3 Å². The first-order valence-electron chi connectivity index (χ1n) is 5.64. The van der Waals surface area contributed by atoms with Crippen LogP contribution in [-0.2, 0) is 11.2 Å². The van der Waals surface area contributed by atoms with Gasteiger partial charge in [0, 0.05) is 12.7 Å². The lowest BCUT2D eigenvalue weighted by Gasteiger charge is -2.25. The maximum Gasteiger partial charge on any atom is 0.326 e. The Hall–Kier alpha value is -1.51. The molecule has 1 aromatic carbocycles. The van der Waals surface area contributed by atoms with Gasteiger partial charge in [-0.15, -0.1) is 0 Å². The summed E-state index contributed by atoms with van der Waals surface area (Å²) in [6, 6.07) is 7.59. The average molecular weight is 221 g/mol. The molecule has 1 aromatic rings. The highest BCUT2D eigenvalue weighted by Crippen LogP contribution is 2.18. The molecule has 0 aliphatic heterocycles. The predicted molar refractivity (Wildman–Crippen MR) is 65.9 cm³/mol. The predicted octanol–water partition coefficient (Wildman–Crippen LogP) is 2.55. The van der Waals surface area contributed by atoms with Gasteiger partial charge in [-0.2, -0.15) is 0 Å². The number of carboxylic acids is 1. The maximum absolute atomic E-state index is 11.0. The van der Waals surface area contributed by atoms with Gasteiger partial charge in [-0.05, 0) is 30.5 Å². The number of hydrogen-bond acceptors (Lipinski definition) is 2. The molecule has 0 aliphatic rings. The molecular weight excluding hydrogens is 202 g/mol. The van der Waals surface area contributed by atoms with Crippen LogP contribution in [0.5, 0.6) is 0 Å². The second-order valence-corrected chi connectivity index (χ2v) is 3.89. The van der Waals surface area contributed by atoms with Crippen LogP contribution < -0.4 is 4.90 Å². The Bertz CT molecular complexity index is 345. The molecule has 0 unspecified atom stereocenters. The first kappa shape index (κ1) is 12.6. The van der Waals surface area contributed by atoms with Crippen molar-refractivity contribution in [2.45, 2.75) is 32.7 Å². The monoisotopic (exact) mass is 221 g/mol. The van der Waals surface area contributed by atoms with E-state index in [9.17, 15) is 4.79 Å². The second-order valence-electron chi connectivity index (χ2n) is 3.89. The number of carbonyl (C=O) groups is 1. The molecule has 0 saturated carbocycles. The molecule has 1 N–H and O–H groups in total. The summed E-state index contributed by atoms with van der Waals surface area (Å²) in [6.07, 6.45) is 1.60. The van der Waals surface area contributed by atoms with E-state index >= 15 is 0 Å². The molecule has 0 fully saturated rings. The zero-order valence-corrected chi connectivity index (χ0v) is 10.1. The number of benzene rings is 1. The van der Waals surface area contributed by atoms with Gasteiger partial charge in [0.15, 0.2) is 0 Å². The van der Waals surface area contributed by atoms with Gasteiger partial charge in [0.05, 0.1) is 0 Å². The van der Waals surface area contributed by atoms with E-state index in [1.54, 1.807) is 0 Å². The molecule has 0 spiro atoms. The van der Waals surface area contributed by atoms with E-state index in [1.165, 1.54) is 5.56 Å². The smallest absolute Gasteiger partial charge is 0.326 e. The van der Waals surface area contributed by atoms with Gasteiger partial charge >= 0.3 is 5.97 Å². The van der Waals surface area contributed by atoms with Gasteiger partial charge < -0.3 is 10.0 Å². The molecule has 0 heterocycles. The third kappa shape index (κ3) is 2.75. The summed E-state index contributed by atoms with van der Waals surface area (Å²) in [5.74, 6) is -0.774. The average Bonchev–Trinajstić information content (AvgIpc) is 2.29. The maximum atomic E-state index is 11.0. The fourth-order valence-corrected chi connectivity index (χ4v) is 1.76. The zero-order chi connectivity index (χ0) is 12.1. The van der Waals surface area contributed by atoms with Crippen molar-refractivity contribution < 1.29 is 9.90 Å². The van der Waals surface area contributed by atoms with Crippen molar-refractivity contribution in [2.75, 3.05) is 11.9 Å². The van der Waals surface area contributed by atoms with Crippen LogP contribution >= 0.6 is 0 Å². The van der Waals surface area contributed by atoms with Gasteiger partial charge in [0.1, 0.15) is 6.04 Å². The Morgan fingerprint density at radius 3 is 2.25 bits per heavy atom. The van der Waals surface area contributed by atoms with Crippen molar-refractivity contribution >= 4 is 11.7 Å². The molecular formula is C13H19NO2. The Kier molecular flexibility index (Phi) is 4.35. The molecule has 88 valence electrons. The van der Waals surface area contributed by atoms with Gasteiger partial charge in [0.2, 0.25) is 0 Å². The molecule has 16 heavy (non-hydrogen) atoms. The number of likely N-dealkylation sites (N-methyl/N-ethyl adjacent to an activating group) is 1. The summed E-state index contributed by atoms with van der Waals surface area (Å²) in [7, 11) is 1.82. The molecule has 3 nitrogen and oxygen atoms in total. The summed E-state index contributed by atoms with van der Waals surface area (Å²) < 4.78 is 0.